The van der Waals surface area contributed by atoms with E-state index in [1.165, 1.54) is 7.11 Å². The Hall–Kier alpha value is -2.58. The number of carbonyl (C=O) groups excluding carboxylic acids is 2. The molecule has 2 aromatic rings. The zero-order valence-electron chi connectivity index (χ0n) is 20.6. The van der Waals surface area contributed by atoms with E-state index in [1.807, 2.05) is 0 Å². The third kappa shape index (κ3) is 5.42. The molecule has 0 spiro atoms. The van der Waals surface area contributed by atoms with Crippen molar-refractivity contribution in [2.45, 2.75) is 66.3 Å². The van der Waals surface area contributed by atoms with E-state index in [0.29, 0.717) is 23.6 Å². The molecule has 3 N–H and O–H groups in total. The molecule has 7 nitrogen and oxygen atoms in total. The van der Waals surface area contributed by atoms with Crippen molar-refractivity contribution in [1.29, 1.82) is 0 Å². The molecule has 1 aromatic carbocycles. The Labute approximate surface area is 191 Å². The lowest BCUT2D eigenvalue weighted by Gasteiger charge is -2.35. The molecule has 2 rings (SSSR count). The first-order valence-corrected chi connectivity index (χ1v) is 13.5. The third-order valence-corrected chi connectivity index (χ3v) is 10.4. The average molecular weight is 461 g/mol. The molecule has 0 bridgehead atoms. The van der Waals surface area contributed by atoms with E-state index >= 15 is 0 Å². The number of esters is 1. The molecule has 0 aliphatic carbocycles. The van der Waals surface area contributed by atoms with Crippen LogP contribution in [-0.2, 0) is 20.6 Å². The van der Waals surface area contributed by atoms with Crippen molar-refractivity contribution in [1.82, 2.24) is 0 Å². The van der Waals surface area contributed by atoms with Crippen molar-refractivity contribution in [2.24, 2.45) is 5.41 Å². The highest BCUT2D eigenvalue weighted by molar-refractivity contribution is 6.74. The summed E-state index contributed by atoms with van der Waals surface area (Å²) in [6, 6.07) is 5.22. The second-order valence-corrected chi connectivity index (χ2v) is 15.3. The number of hydrogen-bond donors (Lipinski definition) is 2. The van der Waals surface area contributed by atoms with Crippen molar-refractivity contribution >= 4 is 31.6 Å². The van der Waals surface area contributed by atoms with Gasteiger partial charge in [-0.1, -0.05) is 47.6 Å². The van der Waals surface area contributed by atoms with E-state index in [2.05, 4.69) is 39.2 Å². The van der Waals surface area contributed by atoms with Gasteiger partial charge in [-0.2, -0.15) is 0 Å². The number of nitrogens with two attached hydrogens (primary N) is 1. The van der Waals surface area contributed by atoms with Gasteiger partial charge in [0.1, 0.15) is 11.3 Å². The van der Waals surface area contributed by atoms with Crippen molar-refractivity contribution in [3.63, 3.8) is 0 Å². The first-order valence-electron chi connectivity index (χ1n) is 10.6. The van der Waals surface area contributed by atoms with Gasteiger partial charge in [0.15, 0.2) is 8.32 Å². The van der Waals surface area contributed by atoms with Gasteiger partial charge in [0.05, 0.1) is 31.4 Å². The minimum Gasteiger partial charge on any atom is -0.466 e. The molecule has 176 valence electrons. The molecule has 0 aliphatic heterocycles. The normalized spacial score (nSPS) is 12.5. The number of ether oxygens (including phenoxy) is 1. The summed E-state index contributed by atoms with van der Waals surface area (Å²) in [5, 5.41) is 2.85. The smallest absolute Gasteiger partial charge is 0.342 e. The number of rotatable bonds is 6. The number of hydrogen-bond acceptors (Lipinski definition) is 6. The molecule has 1 aromatic heterocycles. The fourth-order valence-corrected chi connectivity index (χ4v) is 3.67. The van der Waals surface area contributed by atoms with Crippen LogP contribution in [0.3, 0.4) is 0 Å². The van der Waals surface area contributed by atoms with E-state index in [1.54, 1.807) is 45.2 Å². The first-order chi connectivity index (χ1) is 14.6. The zero-order valence-corrected chi connectivity index (χ0v) is 21.6. The standard InChI is InChI=1S/C24H36N2O5Si/c1-23(2,3)22(28)26-17-11-10-16(20(25)19(17)21(27)29-7)15-12-13-30-18(15)14-31-32(8,9)24(4,5)6/h10-13H,14,25H2,1-9H3,(H,26,28). The predicted molar refractivity (Wildman–Crippen MR) is 130 cm³/mol. The van der Waals surface area contributed by atoms with Crippen molar-refractivity contribution in [3.8, 4) is 11.1 Å². The second kappa shape index (κ2) is 9.11. The highest BCUT2D eigenvalue weighted by Gasteiger charge is 2.37. The highest BCUT2D eigenvalue weighted by atomic mass is 28.4. The maximum absolute atomic E-state index is 12.6. The Morgan fingerprint density at radius 3 is 2.22 bits per heavy atom. The van der Waals surface area contributed by atoms with Crippen LogP contribution in [0.5, 0.6) is 0 Å². The molecule has 0 atom stereocenters. The first kappa shape index (κ1) is 25.7. The predicted octanol–water partition coefficient (Wildman–Crippen LogP) is 5.82. The van der Waals surface area contributed by atoms with Crippen LogP contribution in [0.4, 0.5) is 11.4 Å². The van der Waals surface area contributed by atoms with Gasteiger partial charge in [-0.25, -0.2) is 4.79 Å². The summed E-state index contributed by atoms with van der Waals surface area (Å²) >= 11 is 0. The van der Waals surface area contributed by atoms with Crippen molar-refractivity contribution in [3.05, 3.63) is 35.8 Å². The lowest BCUT2D eigenvalue weighted by atomic mass is 9.94. The van der Waals surface area contributed by atoms with Crippen LogP contribution in [0, 0.1) is 5.41 Å². The molecule has 32 heavy (non-hydrogen) atoms. The van der Waals surface area contributed by atoms with Gasteiger partial charge in [0, 0.05) is 16.5 Å². The lowest BCUT2D eigenvalue weighted by molar-refractivity contribution is -0.123. The number of nitrogen functional groups attached to an aromatic ring is 1. The molecule has 8 heteroatoms. The summed E-state index contributed by atoms with van der Waals surface area (Å²) in [4.78, 5) is 25.1. The topological polar surface area (TPSA) is 104 Å². The number of anilines is 2. The summed E-state index contributed by atoms with van der Waals surface area (Å²) < 4.78 is 17.0. The van der Waals surface area contributed by atoms with E-state index in [4.69, 9.17) is 19.3 Å². The summed E-state index contributed by atoms with van der Waals surface area (Å²) in [5.41, 5.74) is 7.76. The Morgan fingerprint density at radius 1 is 1.06 bits per heavy atom. The van der Waals surface area contributed by atoms with Crippen molar-refractivity contribution < 1.29 is 23.2 Å². The molecule has 1 heterocycles. The van der Waals surface area contributed by atoms with Crippen LogP contribution in [0.15, 0.2) is 28.9 Å². The maximum Gasteiger partial charge on any atom is 0.342 e. The molecular formula is C24H36N2O5Si. The van der Waals surface area contributed by atoms with Gasteiger partial charge >= 0.3 is 5.97 Å². The maximum atomic E-state index is 12.6. The van der Waals surface area contributed by atoms with Gasteiger partial charge < -0.3 is 24.6 Å². The minimum atomic E-state index is -1.99. The van der Waals surface area contributed by atoms with Crippen LogP contribution in [0.2, 0.25) is 18.1 Å². The van der Waals surface area contributed by atoms with E-state index in [-0.39, 0.29) is 22.2 Å². The monoisotopic (exact) mass is 460 g/mol. The summed E-state index contributed by atoms with van der Waals surface area (Å²) in [5.74, 6) is -0.235. The van der Waals surface area contributed by atoms with Crippen LogP contribution >= 0.6 is 0 Å². The lowest BCUT2D eigenvalue weighted by Crippen LogP contribution is -2.40. The molecule has 0 saturated heterocycles. The Bertz CT molecular complexity index is 997. The van der Waals surface area contributed by atoms with Gasteiger partial charge in [0.2, 0.25) is 5.91 Å². The third-order valence-electron chi connectivity index (χ3n) is 5.97. The molecule has 0 aliphatic rings. The number of methoxy groups -OCH3 is 1. The number of carbonyl (C=O) groups is 2. The molecular weight excluding hydrogens is 424 g/mol. The SMILES string of the molecule is COC(=O)c1c(NC(=O)C(C)(C)C)ccc(-c2ccoc2CO[Si](C)(C)C(C)(C)C)c1N. The molecule has 0 radical (unpaired) electrons. The van der Waals surface area contributed by atoms with Gasteiger partial charge in [-0.3, -0.25) is 4.79 Å². The largest absolute Gasteiger partial charge is 0.466 e. The quantitative estimate of drug-likeness (QED) is 0.320. The number of amides is 1. The van der Waals surface area contributed by atoms with Crippen LogP contribution in [-0.4, -0.2) is 27.3 Å². The molecule has 0 fully saturated rings. The van der Waals surface area contributed by atoms with E-state index in [0.717, 1.165) is 5.56 Å². The van der Waals surface area contributed by atoms with Gasteiger partial charge in [-0.15, -0.1) is 0 Å². The summed E-state index contributed by atoms with van der Waals surface area (Å²) in [7, 11) is -0.713. The van der Waals surface area contributed by atoms with E-state index in [9.17, 15) is 9.59 Å². The van der Waals surface area contributed by atoms with Crippen LogP contribution in [0.25, 0.3) is 11.1 Å². The van der Waals surface area contributed by atoms with Crippen molar-refractivity contribution in [2.75, 3.05) is 18.2 Å². The molecule has 0 saturated carbocycles. The fourth-order valence-electron chi connectivity index (χ4n) is 2.75. The Balaban J connectivity index is 2.47. The van der Waals surface area contributed by atoms with Gasteiger partial charge in [-0.05, 0) is 30.3 Å². The second-order valence-electron chi connectivity index (χ2n) is 10.5. The number of benzene rings is 1. The van der Waals surface area contributed by atoms with Gasteiger partial charge in [0.25, 0.3) is 0 Å². The average Bonchev–Trinajstić information content (AvgIpc) is 3.13. The Morgan fingerprint density at radius 2 is 1.69 bits per heavy atom. The molecule has 1 amide bonds. The van der Waals surface area contributed by atoms with E-state index < -0.39 is 19.7 Å². The van der Waals surface area contributed by atoms with Crippen LogP contribution < -0.4 is 11.1 Å². The Kier molecular flexibility index (Phi) is 7.31. The fraction of sp³-hybridized carbons (Fsp3) is 0.500. The number of furan rings is 1. The van der Waals surface area contributed by atoms with Crippen LogP contribution in [0.1, 0.15) is 57.7 Å². The minimum absolute atomic E-state index is 0.0593. The molecule has 0 unspecified atom stereocenters. The highest BCUT2D eigenvalue weighted by Crippen LogP contribution is 2.40. The zero-order chi connectivity index (χ0) is 24.5. The summed E-state index contributed by atoms with van der Waals surface area (Å²) in [6.07, 6.45) is 1.58. The number of nitrogens with one attached hydrogen (secondary N) is 1. The summed E-state index contributed by atoms with van der Waals surface area (Å²) in [6.45, 7) is 16.5.